The van der Waals surface area contributed by atoms with Crippen molar-refractivity contribution in [3.8, 4) is 5.75 Å². The van der Waals surface area contributed by atoms with Crippen molar-refractivity contribution in [2.75, 3.05) is 18.5 Å². The molecule has 1 unspecified atom stereocenters. The average molecular weight is 369 g/mol. The van der Waals surface area contributed by atoms with Crippen molar-refractivity contribution in [3.05, 3.63) is 65.7 Å². The molecule has 144 valence electrons. The number of anilines is 1. The van der Waals surface area contributed by atoms with Crippen molar-refractivity contribution >= 4 is 17.7 Å². The summed E-state index contributed by atoms with van der Waals surface area (Å²) in [5, 5.41) is 21.9. The summed E-state index contributed by atoms with van der Waals surface area (Å²) in [5.74, 6) is -0.265. The van der Waals surface area contributed by atoms with E-state index in [0.717, 1.165) is 23.1 Å². The number of nitrogens with one attached hydrogen (secondary N) is 1. The van der Waals surface area contributed by atoms with Gasteiger partial charge < -0.3 is 20.3 Å². The van der Waals surface area contributed by atoms with Crippen LogP contribution in [-0.2, 0) is 10.2 Å². The van der Waals surface area contributed by atoms with Gasteiger partial charge in [-0.1, -0.05) is 45.0 Å². The van der Waals surface area contributed by atoms with Gasteiger partial charge in [0, 0.05) is 18.3 Å². The maximum atomic E-state index is 10.6. The molecule has 0 radical (unpaired) electrons. The SMILES string of the molecule is CC(C)(C)c1ccc(OCC(O)CNc2cccc(C=CC(=O)O)c2)cc1. The van der Waals surface area contributed by atoms with Gasteiger partial charge in [-0.25, -0.2) is 4.79 Å². The minimum Gasteiger partial charge on any atom is -0.491 e. The summed E-state index contributed by atoms with van der Waals surface area (Å²) < 4.78 is 5.65. The molecule has 5 heteroatoms. The van der Waals surface area contributed by atoms with Crippen molar-refractivity contribution < 1.29 is 19.7 Å². The summed E-state index contributed by atoms with van der Waals surface area (Å²) in [4.78, 5) is 10.6. The van der Waals surface area contributed by atoms with E-state index < -0.39 is 12.1 Å². The molecule has 2 aromatic rings. The molecule has 0 fully saturated rings. The third-order valence-electron chi connectivity index (χ3n) is 4.01. The number of hydrogen-bond acceptors (Lipinski definition) is 4. The molecule has 0 saturated carbocycles. The Labute approximate surface area is 160 Å². The Hall–Kier alpha value is -2.79. The molecule has 0 saturated heterocycles. The number of carboxylic acids is 1. The predicted molar refractivity (Wildman–Crippen MR) is 108 cm³/mol. The molecule has 0 heterocycles. The van der Waals surface area contributed by atoms with Gasteiger partial charge >= 0.3 is 5.97 Å². The molecule has 2 aromatic carbocycles. The lowest BCUT2D eigenvalue weighted by molar-refractivity contribution is -0.131. The first-order chi connectivity index (χ1) is 12.7. The average Bonchev–Trinajstić information content (AvgIpc) is 2.63. The molecular formula is C22H27NO4. The van der Waals surface area contributed by atoms with Gasteiger partial charge in [0.2, 0.25) is 0 Å². The molecule has 0 amide bonds. The van der Waals surface area contributed by atoms with Gasteiger partial charge in [-0.3, -0.25) is 0 Å². The number of aliphatic hydroxyl groups excluding tert-OH is 1. The highest BCUT2D eigenvalue weighted by Gasteiger charge is 2.13. The summed E-state index contributed by atoms with van der Waals surface area (Å²) in [6.45, 7) is 6.98. The van der Waals surface area contributed by atoms with Crippen molar-refractivity contribution in [2.45, 2.75) is 32.3 Å². The molecular weight excluding hydrogens is 342 g/mol. The molecule has 5 nitrogen and oxygen atoms in total. The van der Waals surface area contributed by atoms with Gasteiger partial charge in [-0.2, -0.15) is 0 Å². The third-order valence-corrected chi connectivity index (χ3v) is 4.01. The van der Waals surface area contributed by atoms with E-state index in [-0.39, 0.29) is 12.0 Å². The maximum Gasteiger partial charge on any atom is 0.328 e. The van der Waals surface area contributed by atoms with Crippen LogP contribution in [0.2, 0.25) is 0 Å². The lowest BCUT2D eigenvalue weighted by Gasteiger charge is -2.19. The van der Waals surface area contributed by atoms with Crippen LogP contribution in [0.15, 0.2) is 54.6 Å². The fourth-order valence-corrected chi connectivity index (χ4v) is 2.46. The van der Waals surface area contributed by atoms with Crippen molar-refractivity contribution in [2.24, 2.45) is 0 Å². The van der Waals surface area contributed by atoms with E-state index in [0.29, 0.717) is 6.54 Å². The highest BCUT2D eigenvalue weighted by molar-refractivity contribution is 5.85. The van der Waals surface area contributed by atoms with E-state index in [1.807, 2.05) is 48.5 Å². The Kier molecular flexibility index (Phi) is 7.02. The maximum absolute atomic E-state index is 10.6. The van der Waals surface area contributed by atoms with Gasteiger partial charge in [0.25, 0.3) is 0 Å². The van der Waals surface area contributed by atoms with E-state index >= 15 is 0 Å². The largest absolute Gasteiger partial charge is 0.491 e. The smallest absolute Gasteiger partial charge is 0.328 e. The molecule has 0 aliphatic heterocycles. The molecule has 27 heavy (non-hydrogen) atoms. The minimum atomic E-state index is -0.989. The van der Waals surface area contributed by atoms with Crippen LogP contribution in [0, 0.1) is 0 Å². The molecule has 0 bridgehead atoms. The Bertz CT molecular complexity index is 776. The van der Waals surface area contributed by atoms with Crippen LogP contribution in [0.4, 0.5) is 5.69 Å². The number of rotatable bonds is 8. The van der Waals surface area contributed by atoms with Crippen molar-refractivity contribution in [1.82, 2.24) is 0 Å². The van der Waals surface area contributed by atoms with Gasteiger partial charge in [-0.05, 0) is 46.9 Å². The summed E-state index contributed by atoms with van der Waals surface area (Å²) in [7, 11) is 0. The zero-order valence-corrected chi connectivity index (χ0v) is 16.0. The Morgan fingerprint density at radius 1 is 1.19 bits per heavy atom. The second kappa shape index (κ2) is 9.24. The Morgan fingerprint density at radius 3 is 2.52 bits per heavy atom. The second-order valence-corrected chi connectivity index (χ2v) is 7.42. The molecule has 0 spiro atoms. The third kappa shape index (κ3) is 7.15. The molecule has 0 aromatic heterocycles. The van der Waals surface area contributed by atoms with Gasteiger partial charge in [0.05, 0.1) is 0 Å². The van der Waals surface area contributed by atoms with E-state index in [2.05, 4.69) is 26.1 Å². The monoisotopic (exact) mass is 369 g/mol. The summed E-state index contributed by atoms with van der Waals surface area (Å²) >= 11 is 0. The minimum absolute atomic E-state index is 0.0934. The van der Waals surface area contributed by atoms with E-state index in [1.54, 1.807) is 0 Å². The molecule has 3 N–H and O–H groups in total. The number of hydrogen-bond donors (Lipinski definition) is 3. The highest BCUT2D eigenvalue weighted by Crippen LogP contribution is 2.24. The fraction of sp³-hybridized carbons (Fsp3) is 0.318. The zero-order valence-electron chi connectivity index (χ0n) is 16.0. The number of benzene rings is 2. The second-order valence-electron chi connectivity index (χ2n) is 7.42. The predicted octanol–water partition coefficient (Wildman–Crippen LogP) is 3.93. The fourth-order valence-electron chi connectivity index (χ4n) is 2.46. The summed E-state index contributed by atoms with van der Waals surface area (Å²) in [5.41, 5.74) is 2.90. The number of ether oxygens (including phenoxy) is 1. The number of carboxylic acid groups (broad SMARTS) is 1. The zero-order chi connectivity index (χ0) is 19.9. The van der Waals surface area contributed by atoms with Crippen LogP contribution >= 0.6 is 0 Å². The van der Waals surface area contributed by atoms with Crippen LogP contribution in [0.5, 0.6) is 5.75 Å². The van der Waals surface area contributed by atoms with Gasteiger partial charge in [-0.15, -0.1) is 0 Å². The Morgan fingerprint density at radius 2 is 1.89 bits per heavy atom. The Balaban J connectivity index is 1.82. The van der Waals surface area contributed by atoms with E-state index in [9.17, 15) is 9.90 Å². The molecule has 0 aliphatic carbocycles. The lowest BCUT2D eigenvalue weighted by Crippen LogP contribution is -2.26. The standard InChI is InChI=1S/C22H27NO4/c1-22(2,3)17-8-10-20(11-9-17)27-15-19(24)14-23-18-6-4-5-16(13-18)7-12-21(25)26/h4-13,19,23-24H,14-15H2,1-3H3,(H,25,26). The topological polar surface area (TPSA) is 78.8 Å². The quantitative estimate of drug-likeness (QED) is 0.615. The summed E-state index contributed by atoms with van der Waals surface area (Å²) in [6.07, 6.45) is 1.94. The van der Waals surface area contributed by atoms with Crippen LogP contribution < -0.4 is 10.1 Å². The number of aliphatic hydroxyl groups is 1. The summed E-state index contributed by atoms with van der Waals surface area (Å²) in [6, 6.07) is 15.2. The van der Waals surface area contributed by atoms with E-state index in [4.69, 9.17) is 9.84 Å². The highest BCUT2D eigenvalue weighted by atomic mass is 16.5. The van der Waals surface area contributed by atoms with Gasteiger partial charge in [0.1, 0.15) is 18.5 Å². The van der Waals surface area contributed by atoms with Crippen LogP contribution in [-0.4, -0.2) is 35.4 Å². The normalized spacial score (nSPS) is 12.7. The molecule has 2 rings (SSSR count). The number of carbonyl (C=O) groups is 1. The first-order valence-electron chi connectivity index (χ1n) is 8.90. The van der Waals surface area contributed by atoms with Crippen LogP contribution in [0.3, 0.4) is 0 Å². The van der Waals surface area contributed by atoms with Crippen LogP contribution in [0.25, 0.3) is 6.08 Å². The van der Waals surface area contributed by atoms with Crippen LogP contribution in [0.1, 0.15) is 31.9 Å². The first kappa shape index (κ1) is 20.5. The molecule has 1 atom stereocenters. The molecule has 0 aliphatic rings. The van der Waals surface area contributed by atoms with Crippen molar-refractivity contribution in [3.63, 3.8) is 0 Å². The number of aliphatic carboxylic acids is 1. The van der Waals surface area contributed by atoms with E-state index in [1.165, 1.54) is 11.6 Å². The lowest BCUT2D eigenvalue weighted by atomic mass is 9.87. The first-order valence-corrected chi connectivity index (χ1v) is 8.90. The van der Waals surface area contributed by atoms with Crippen molar-refractivity contribution in [1.29, 1.82) is 0 Å². The van der Waals surface area contributed by atoms with Gasteiger partial charge in [0.15, 0.2) is 0 Å².